The monoisotopic (exact) mass is 503 g/mol. The first kappa shape index (κ1) is 26.3. The number of pyridine rings is 1. The van der Waals surface area contributed by atoms with Crippen LogP contribution in [0.25, 0.3) is 10.8 Å². The van der Waals surface area contributed by atoms with Gasteiger partial charge in [-0.1, -0.05) is 48.0 Å². The van der Waals surface area contributed by atoms with E-state index in [1.807, 2.05) is 24.3 Å². The Labute approximate surface area is 207 Å². The Morgan fingerprint density at radius 2 is 1.94 bits per heavy atom. The summed E-state index contributed by atoms with van der Waals surface area (Å²) in [7, 11) is 1.51. The van der Waals surface area contributed by atoms with Gasteiger partial charge in [0.2, 0.25) is 5.91 Å². The zero-order valence-corrected chi connectivity index (χ0v) is 19.9. The first-order valence-electron chi connectivity index (χ1n) is 11.0. The summed E-state index contributed by atoms with van der Waals surface area (Å²) in [5.74, 6) is -0.577. The molecule has 186 valence electrons. The molecule has 0 aliphatic rings. The van der Waals surface area contributed by atoms with Crippen molar-refractivity contribution in [1.29, 1.82) is 0 Å². The van der Waals surface area contributed by atoms with Gasteiger partial charge in [-0.15, -0.1) is 0 Å². The molecule has 0 saturated heterocycles. The van der Waals surface area contributed by atoms with E-state index in [1.54, 1.807) is 18.3 Å². The Morgan fingerprint density at radius 1 is 1.20 bits per heavy atom. The highest BCUT2D eigenvalue weighted by molar-refractivity contribution is 6.31. The minimum absolute atomic E-state index is 0.0129. The number of aliphatic hydroxyl groups excluding tert-OH is 2. The molecule has 35 heavy (non-hydrogen) atoms. The summed E-state index contributed by atoms with van der Waals surface area (Å²) in [5.41, 5.74) is 0.499. The summed E-state index contributed by atoms with van der Waals surface area (Å²) < 4.78 is 18.9. The molecule has 2 aromatic carbocycles. The predicted molar refractivity (Wildman–Crippen MR) is 131 cm³/mol. The number of aliphatic hydroxyl groups is 2. The van der Waals surface area contributed by atoms with Gasteiger partial charge in [0.25, 0.3) is 0 Å². The molecule has 1 heterocycles. The van der Waals surface area contributed by atoms with Gasteiger partial charge >= 0.3 is 6.09 Å². The number of nitrogens with zero attached hydrogens (tertiary/aromatic N) is 2. The number of carbonyl (C=O) groups is 2. The quantitative estimate of drug-likeness (QED) is 0.388. The van der Waals surface area contributed by atoms with Gasteiger partial charge in [0.15, 0.2) is 0 Å². The van der Waals surface area contributed by atoms with E-state index in [0.29, 0.717) is 11.4 Å². The van der Waals surface area contributed by atoms with Crippen molar-refractivity contribution in [2.45, 2.75) is 31.4 Å². The number of benzene rings is 2. The number of ether oxygens (including phenoxy) is 1. The molecule has 0 unspecified atom stereocenters. The SMILES string of the molecule is CN(C(=O)CCc1cccc(F)c1Cl)[C@@H](COC(=O)Nc1cc2ccccc2cn1)C[C@H](O)CO. The van der Waals surface area contributed by atoms with E-state index in [2.05, 4.69) is 10.3 Å². The van der Waals surface area contributed by atoms with E-state index >= 15 is 0 Å². The van der Waals surface area contributed by atoms with Crippen LogP contribution in [0.1, 0.15) is 18.4 Å². The zero-order chi connectivity index (χ0) is 25.4. The molecule has 8 nitrogen and oxygen atoms in total. The topological polar surface area (TPSA) is 112 Å². The van der Waals surface area contributed by atoms with E-state index in [-0.39, 0.29) is 36.8 Å². The Balaban J connectivity index is 1.59. The molecule has 0 radical (unpaired) electrons. The van der Waals surface area contributed by atoms with E-state index in [4.69, 9.17) is 16.3 Å². The van der Waals surface area contributed by atoms with Crippen molar-refractivity contribution in [2.75, 3.05) is 25.6 Å². The lowest BCUT2D eigenvalue weighted by Gasteiger charge is -2.29. The number of amides is 2. The number of fused-ring (bicyclic) bond motifs is 1. The maximum Gasteiger partial charge on any atom is 0.412 e. The van der Waals surface area contributed by atoms with Gasteiger partial charge in [-0.05, 0) is 35.9 Å². The van der Waals surface area contributed by atoms with Crippen LogP contribution >= 0.6 is 11.6 Å². The van der Waals surface area contributed by atoms with Crippen LogP contribution < -0.4 is 5.32 Å². The summed E-state index contributed by atoms with van der Waals surface area (Å²) in [5, 5.41) is 23.5. The van der Waals surface area contributed by atoms with Gasteiger partial charge in [-0.2, -0.15) is 0 Å². The number of hydrogen-bond acceptors (Lipinski definition) is 6. The maximum absolute atomic E-state index is 13.6. The van der Waals surface area contributed by atoms with Gasteiger partial charge in [0, 0.05) is 25.1 Å². The second-order valence-corrected chi connectivity index (χ2v) is 8.46. The maximum atomic E-state index is 13.6. The third kappa shape index (κ3) is 7.35. The molecule has 0 fully saturated rings. The number of carbonyl (C=O) groups excluding carboxylic acids is 2. The minimum Gasteiger partial charge on any atom is -0.447 e. The fourth-order valence-corrected chi connectivity index (χ4v) is 3.77. The van der Waals surface area contributed by atoms with E-state index in [0.717, 1.165) is 10.8 Å². The Kier molecular flexibility index (Phi) is 9.36. The zero-order valence-electron chi connectivity index (χ0n) is 19.2. The number of likely N-dealkylation sites (N-methyl/N-ethyl adjacent to an activating group) is 1. The standard InChI is InChI=1S/C25H27ClFN3O5/c1-30(23(33)10-9-16-7-4-8-21(27)24(16)26)19(12-20(32)14-31)15-35-25(34)29-22-11-17-5-2-3-6-18(17)13-28-22/h2-8,11,13,19-20,31-32H,9-10,12,14-15H2,1H3,(H,28,29,34)/t19-,20+/m1/s1. The highest BCUT2D eigenvalue weighted by Gasteiger charge is 2.24. The highest BCUT2D eigenvalue weighted by atomic mass is 35.5. The first-order valence-corrected chi connectivity index (χ1v) is 11.4. The van der Waals surface area contributed by atoms with E-state index in [1.165, 1.54) is 24.1 Å². The van der Waals surface area contributed by atoms with E-state index < -0.39 is 30.7 Å². The molecule has 0 aliphatic carbocycles. The van der Waals surface area contributed by atoms with E-state index in [9.17, 15) is 24.2 Å². The second-order valence-electron chi connectivity index (χ2n) is 8.08. The van der Waals surface area contributed by atoms with Gasteiger partial charge in [-0.25, -0.2) is 14.2 Å². The molecule has 3 rings (SSSR count). The molecule has 10 heteroatoms. The van der Waals surface area contributed by atoms with Gasteiger partial charge in [0.1, 0.15) is 18.2 Å². The van der Waals surface area contributed by atoms with Crippen LogP contribution in [0.4, 0.5) is 15.0 Å². The molecule has 1 aromatic heterocycles. The number of rotatable bonds is 10. The summed E-state index contributed by atoms with van der Waals surface area (Å²) in [6.45, 7) is -0.732. The van der Waals surface area contributed by atoms with Crippen molar-refractivity contribution >= 4 is 40.2 Å². The number of anilines is 1. The fourth-order valence-electron chi connectivity index (χ4n) is 3.55. The van der Waals surface area contributed by atoms with Crippen molar-refractivity contribution in [3.63, 3.8) is 0 Å². The largest absolute Gasteiger partial charge is 0.447 e. The third-order valence-corrected chi connectivity index (χ3v) is 6.03. The molecule has 0 spiro atoms. The summed E-state index contributed by atoms with van der Waals surface area (Å²) >= 11 is 5.96. The molecule has 2 atom stereocenters. The van der Waals surface area contributed by atoms with Crippen molar-refractivity contribution in [1.82, 2.24) is 9.88 Å². The first-order chi connectivity index (χ1) is 16.8. The molecule has 0 aliphatic heterocycles. The van der Waals surface area contributed by atoms with Gasteiger partial charge in [0.05, 0.1) is 23.8 Å². The molecule has 2 amide bonds. The van der Waals surface area contributed by atoms with Crippen LogP contribution in [0.5, 0.6) is 0 Å². The summed E-state index contributed by atoms with van der Waals surface area (Å²) in [6.07, 6.45) is -0.0305. The third-order valence-electron chi connectivity index (χ3n) is 5.60. The Hall–Kier alpha value is -3.27. The summed E-state index contributed by atoms with van der Waals surface area (Å²) in [6, 6.07) is 12.9. The van der Waals surface area contributed by atoms with Crippen LogP contribution in [0.15, 0.2) is 54.7 Å². The smallest absolute Gasteiger partial charge is 0.412 e. The number of aryl methyl sites for hydroxylation is 1. The molecule has 3 N–H and O–H groups in total. The van der Waals surface area contributed by atoms with Crippen LogP contribution in [-0.2, 0) is 16.0 Å². The van der Waals surface area contributed by atoms with Crippen molar-refractivity contribution in [3.8, 4) is 0 Å². The molecule has 0 bridgehead atoms. The average Bonchev–Trinajstić information content (AvgIpc) is 2.86. The second kappa shape index (κ2) is 12.4. The van der Waals surface area contributed by atoms with Gasteiger partial charge in [-0.3, -0.25) is 10.1 Å². The lowest BCUT2D eigenvalue weighted by Crippen LogP contribution is -2.43. The lowest BCUT2D eigenvalue weighted by molar-refractivity contribution is -0.133. The Bertz CT molecular complexity index is 1180. The number of halogens is 2. The lowest BCUT2D eigenvalue weighted by atomic mass is 10.1. The molecule has 0 saturated carbocycles. The number of hydrogen-bond donors (Lipinski definition) is 3. The summed E-state index contributed by atoms with van der Waals surface area (Å²) in [4.78, 5) is 30.6. The van der Waals surface area contributed by atoms with Crippen LogP contribution in [0.3, 0.4) is 0 Å². The van der Waals surface area contributed by atoms with Crippen LogP contribution in [0, 0.1) is 5.82 Å². The number of aromatic nitrogens is 1. The predicted octanol–water partition coefficient (Wildman–Crippen LogP) is 3.78. The van der Waals surface area contributed by atoms with Crippen molar-refractivity contribution in [2.24, 2.45) is 0 Å². The van der Waals surface area contributed by atoms with Crippen LogP contribution in [0.2, 0.25) is 5.02 Å². The van der Waals surface area contributed by atoms with Crippen molar-refractivity contribution < 1.29 is 28.9 Å². The molecular formula is C25H27ClFN3O5. The molecular weight excluding hydrogens is 477 g/mol. The minimum atomic E-state index is -1.11. The van der Waals surface area contributed by atoms with Gasteiger partial charge < -0.3 is 19.8 Å². The van der Waals surface area contributed by atoms with Crippen molar-refractivity contribution in [3.05, 3.63) is 71.1 Å². The average molecular weight is 504 g/mol. The number of nitrogens with one attached hydrogen (secondary N) is 1. The highest BCUT2D eigenvalue weighted by Crippen LogP contribution is 2.22. The normalized spacial score (nSPS) is 12.7. The fraction of sp³-hybridized carbons (Fsp3) is 0.320. The molecule has 3 aromatic rings. The van der Waals surface area contributed by atoms with Crippen LogP contribution in [-0.4, -0.2) is 64.5 Å². The Morgan fingerprint density at radius 3 is 2.69 bits per heavy atom.